The van der Waals surface area contributed by atoms with E-state index in [0.29, 0.717) is 6.42 Å². The Morgan fingerprint density at radius 2 is 1.82 bits per heavy atom. The largest absolute Gasteiger partial charge is 0.467 e. The molecule has 1 unspecified atom stereocenters. The summed E-state index contributed by atoms with van der Waals surface area (Å²) < 4.78 is 23.4. The minimum absolute atomic E-state index is 0.217. The normalized spacial score (nSPS) is 14.4. The van der Waals surface area contributed by atoms with E-state index in [2.05, 4.69) is 11.7 Å². The van der Waals surface area contributed by atoms with Crippen molar-refractivity contribution < 1.29 is 18.7 Å². The number of methoxy groups -OCH3 is 1. The first-order valence-electron chi connectivity index (χ1n) is 6.39. The van der Waals surface area contributed by atoms with Crippen molar-refractivity contribution in [2.75, 3.05) is 20.3 Å². The second-order valence-corrected chi connectivity index (χ2v) is 4.47. The van der Waals surface area contributed by atoms with Crippen LogP contribution in [-0.2, 0) is 14.3 Å². The Morgan fingerprint density at radius 3 is 2.41 bits per heavy atom. The molecule has 0 bridgehead atoms. The van der Waals surface area contributed by atoms with E-state index < -0.39 is 11.6 Å². The highest BCUT2D eigenvalue weighted by Gasteiger charge is 2.33. The van der Waals surface area contributed by atoms with Crippen LogP contribution in [0.4, 0.5) is 4.39 Å². The molecule has 0 aromatic carbocycles. The highest BCUT2D eigenvalue weighted by Crippen LogP contribution is 2.20. The molecule has 0 fully saturated rings. The van der Waals surface area contributed by atoms with Gasteiger partial charge in [0.2, 0.25) is 5.67 Å². The zero-order valence-electron chi connectivity index (χ0n) is 11.3. The van der Waals surface area contributed by atoms with E-state index in [1.807, 2.05) is 0 Å². The van der Waals surface area contributed by atoms with Gasteiger partial charge in [0.1, 0.15) is 0 Å². The van der Waals surface area contributed by atoms with Crippen LogP contribution < -0.4 is 0 Å². The molecule has 4 heteroatoms. The molecule has 0 saturated carbocycles. The summed E-state index contributed by atoms with van der Waals surface area (Å²) in [5, 5.41) is 0. The summed E-state index contributed by atoms with van der Waals surface area (Å²) >= 11 is 0. The fourth-order valence-corrected chi connectivity index (χ4v) is 1.50. The third kappa shape index (κ3) is 8.13. The Hall–Kier alpha value is -0.640. The van der Waals surface area contributed by atoms with E-state index in [-0.39, 0.29) is 6.42 Å². The summed E-state index contributed by atoms with van der Waals surface area (Å²) in [5.74, 6) is -0.781. The molecule has 0 aliphatic heterocycles. The molecular weight excluding hydrogens is 223 g/mol. The van der Waals surface area contributed by atoms with E-state index in [9.17, 15) is 9.18 Å². The molecule has 0 aliphatic rings. The molecule has 1 atom stereocenters. The number of ether oxygens (including phenoxy) is 2. The molecule has 0 heterocycles. The zero-order chi connectivity index (χ0) is 13.1. The van der Waals surface area contributed by atoms with Crippen LogP contribution in [0, 0.1) is 0 Å². The van der Waals surface area contributed by atoms with Gasteiger partial charge in [-0.05, 0) is 32.6 Å². The van der Waals surface area contributed by atoms with Crippen molar-refractivity contribution >= 4 is 5.97 Å². The lowest BCUT2D eigenvalue weighted by atomic mass is 10.0. The van der Waals surface area contributed by atoms with Crippen LogP contribution in [0.15, 0.2) is 0 Å². The van der Waals surface area contributed by atoms with Crippen molar-refractivity contribution in [3.63, 3.8) is 0 Å². The van der Waals surface area contributed by atoms with Gasteiger partial charge in [0.05, 0.1) is 7.11 Å². The lowest BCUT2D eigenvalue weighted by Crippen LogP contribution is -2.31. The maximum atomic E-state index is 13.7. The Balaban J connectivity index is 3.42. The quantitative estimate of drug-likeness (QED) is 0.439. The third-order valence-corrected chi connectivity index (χ3v) is 2.69. The summed E-state index contributed by atoms with van der Waals surface area (Å²) in [6, 6.07) is 0. The molecule has 0 aromatic heterocycles. The summed E-state index contributed by atoms with van der Waals surface area (Å²) in [5.41, 5.74) is -1.85. The molecule has 102 valence electrons. The second-order valence-electron chi connectivity index (χ2n) is 4.47. The standard InChI is InChI=1S/C13H25FO3/c1-4-5-10-17-11-8-6-7-9-13(2,14)12(15)16-3/h4-11H2,1-3H3. The first kappa shape index (κ1) is 16.4. The number of hydrogen-bond donors (Lipinski definition) is 0. The van der Waals surface area contributed by atoms with Crippen molar-refractivity contribution in [2.24, 2.45) is 0 Å². The summed E-state index contributed by atoms with van der Waals surface area (Å²) in [6.45, 7) is 4.93. The lowest BCUT2D eigenvalue weighted by molar-refractivity contribution is -0.154. The summed E-state index contributed by atoms with van der Waals surface area (Å²) in [6.07, 6.45) is 4.92. The molecule has 0 aliphatic carbocycles. The van der Waals surface area contributed by atoms with E-state index >= 15 is 0 Å². The first-order valence-corrected chi connectivity index (χ1v) is 6.39. The van der Waals surface area contributed by atoms with Gasteiger partial charge in [0, 0.05) is 13.2 Å². The van der Waals surface area contributed by atoms with Crippen molar-refractivity contribution in [1.82, 2.24) is 0 Å². The molecule has 0 aromatic rings. The maximum Gasteiger partial charge on any atom is 0.343 e. The number of alkyl halides is 1. The molecule has 0 saturated heterocycles. The van der Waals surface area contributed by atoms with Crippen LogP contribution >= 0.6 is 0 Å². The Labute approximate surface area is 104 Å². The van der Waals surface area contributed by atoms with Gasteiger partial charge in [-0.1, -0.05) is 19.8 Å². The van der Waals surface area contributed by atoms with Crippen molar-refractivity contribution in [3.05, 3.63) is 0 Å². The lowest BCUT2D eigenvalue weighted by Gasteiger charge is -2.16. The van der Waals surface area contributed by atoms with Gasteiger partial charge in [0.25, 0.3) is 0 Å². The molecule has 0 amide bonds. The highest BCUT2D eigenvalue weighted by molar-refractivity contribution is 5.78. The number of carbonyl (C=O) groups is 1. The number of esters is 1. The van der Waals surface area contributed by atoms with Gasteiger partial charge >= 0.3 is 5.97 Å². The van der Waals surface area contributed by atoms with Gasteiger partial charge in [-0.3, -0.25) is 0 Å². The Bertz CT molecular complexity index is 205. The smallest absolute Gasteiger partial charge is 0.343 e. The molecule has 3 nitrogen and oxygen atoms in total. The number of halogens is 1. The number of hydrogen-bond acceptors (Lipinski definition) is 3. The maximum absolute atomic E-state index is 13.7. The fourth-order valence-electron chi connectivity index (χ4n) is 1.50. The van der Waals surface area contributed by atoms with E-state index in [0.717, 1.165) is 38.9 Å². The minimum Gasteiger partial charge on any atom is -0.467 e. The van der Waals surface area contributed by atoms with E-state index in [4.69, 9.17) is 4.74 Å². The predicted octanol–water partition coefficient (Wildman–Crippen LogP) is 3.26. The second kappa shape index (κ2) is 9.40. The van der Waals surface area contributed by atoms with Gasteiger partial charge in [-0.15, -0.1) is 0 Å². The first-order chi connectivity index (χ1) is 8.04. The van der Waals surface area contributed by atoms with Crippen molar-refractivity contribution in [2.45, 2.75) is 58.0 Å². The third-order valence-electron chi connectivity index (χ3n) is 2.69. The van der Waals surface area contributed by atoms with Gasteiger partial charge < -0.3 is 9.47 Å². The average molecular weight is 248 g/mol. The number of unbranched alkanes of at least 4 members (excludes halogenated alkanes) is 3. The molecule has 0 rings (SSSR count). The molecule has 0 spiro atoms. The zero-order valence-corrected chi connectivity index (χ0v) is 11.3. The van der Waals surface area contributed by atoms with Gasteiger partial charge in [-0.25, -0.2) is 9.18 Å². The van der Waals surface area contributed by atoms with E-state index in [1.54, 1.807) is 0 Å². The Kier molecular flexibility index (Phi) is 9.04. The van der Waals surface area contributed by atoms with Crippen LogP contribution in [0.1, 0.15) is 52.4 Å². The van der Waals surface area contributed by atoms with Crippen LogP contribution in [0.3, 0.4) is 0 Å². The van der Waals surface area contributed by atoms with Crippen LogP contribution in [0.25, 0.3) is 0 Å². The van der Waals surface area contributed by atoms with Gasteiger partial charge in [0.15, 0.2) is 0 Å². The molecule has 0 radical (unpaired) electrons. The summed E-state index contributed by atoms with van der Waals surface area (Å²) in [4.78, 5) is 11.0. The topological polar surface area (TPSA) is 35.5 Å². The number of rotatable bonds is 10. The molecular formula is C13H25FO3. The average Bonchev–Trinajstić information content (AvgIpc) is 2.31. The SMILES string of the molecule is CCCCOCCCCCC(C)(F)C(=O)OC. The van der Waals surface area contributed by atoms with E-state index in [1.165, 1.54) is 14.0 Å². The highest BCUT2D eigenvalue weighted by atomic mass is 19.1. The van der Waals surface area contributed by atoms with Crippen LogP contribution in [0.2, 0.25) is 0 Å². The number of carbonyl (C=O) groups excluding carboxylic acids is 1. The molecule has 0 N–H and O–H groups in total. The predicted molar refractivity (Wildman–Crippen MR) is 65.7 cm³/mol. The Morgan fingerprint density at radius 1 is 1.18 bits per heavy atom. The molecule has 17 heavy (non-hydrogen) atoms. The van der Waals surface area contributed by atoms with Gasteiger partial charge in [-0.2, -0.15) is 0 Å². The van der Waals surface area contributed by atoms with Crippen LogP contribution in [-0.4, -0.2) is 32.0 Å². The van der Waals surface area contributed by atoms with Crippen LogP contribution in [0.5, 0.6) is 0 Å². The van der Waals surface area contributed by atoms with Crippen molar-refractivity contribution in [3.8, 4) is 0 Å². The summed E-state index contributed by atoms with van der Waals surface area (Å²) in [7, 11) is 1.21. The fraction of sp³-hybridized carbons (Fsp3) is 0.923. The monoisotopic (exact) mass is 248 g/mol. The van der Waals surface area contributed by atoms with Crippen molar-refractivity contribution in [1.29, 1.82) is 0 Å². The minimum atomic E-state index is -1.85.